The number of methoxy groups -OCH3 is 1. The molecule has 0 atom stereocenters. The number of carbonyl (C=O) groups excluding carboxylic acids is 1. The zero-order chi connectivity index (χ0) is 31.3. The summed E-state index contributed by atoms with van der Waals surface area (Å²) >= 11 is 0. The molecule has 13 nitrogen and oxygen atoms in total. The number of hydrogen-bond acceptors (Lipinski definition) is 11. The van der Waals surface area contributed by atoms with Crippen molar-refractivity contribution in [3.05, 3.63) is 67.2 Å². The smallest absolute Gasteiger partial charge is 0.306 e. The molecule has 0 aliphatic heterocycles. The number of fused-ring (bicyclic) bond motifs is 1. The number of amides is 1. The normalized spacial score (nSPS) is 11.4. The predicted molar refractivity (Wildman–Crippen MR) is 167 cm³/mol. The molecular weight excluding hydrogens is 574 g/mol. The number of likely N-dealkylation sites (N-methyl/N-ethyl adjacent to an activating group) is 2. The van der Waals surface area contributed by atoms with Crippen LogP contribution in [0.2, 0.25) is 0 Å². The van der Waals surface area contributed by atoms with E-state index in [0.29, 0.717) is 35.1 Å². The van der Waals surface area contributed by atoms with Crippen molar-refractivity contribution in [2.24, 2.45) is 0 Å². The van der Waals surface area contributed by atoms with Crippen molar-refractivity contribution < 1.29 is 27.2 Å². The Morgan fingerprint density at radius 3 is 2.53 bits per heavy atom. The van der Waals surface area contributed by atoms with E-state index in [1.54, 1.807) is 29.0 Å². The highest BCUT2D eigenvalue weighted by Crippen LogP contribution is 2.38. The molecule has 2 heterocycles. The van der Waals surface area contributed by atoms with Gasteiger partial charge in [-0.25, -0.2) is 9.97 Å². The molecule has 2 aromatic heterocycles. The number of nitrogens with zero attached hydrogens (tertiary/aromatic N) is 5. The zero-order valence-electron chi connectivity index (χ0n) is 24.7. The maximum absolute atomic E-state index is 12.9. The van der Waals surface area contributed by atoms with Crippen LogP contribution in [0, 0.1) is 0 Å². The van der Waals surface area contributed by atoms with E-state index >= 15 is 0 Å². The standard InChI is InChI=1S/C29H35N7O6S/c1-19(42-43(6,39)40)28(38)31-23-15-24(27(41-5)16-26(23)35(4)14-13-34(2)3)33-29-30-12-11-22(32-29)21-17-36(18-37)25-10-8-7-9-20(21)25/h7-12,15-17,37H,1,13-14,18H2,2-6H3,(H,31,38)(H,30,32,33). The lowest BCUT2D eigenvalue weighted by molar-refractivity contribution is -0.114. The van der Waals surface area contributed by atoms with Crippen molar-refractivity contribution in [2.75, 3.05) is 63.1 Å². The van der Waals surface area contributed by atoms with Crippen LogP contribution in [0.4, 0.5) is 23.0 Å². The van der Waals surface area contributed by atoms with E-state index in [1.165, 1.54) is 7.11 Å². The molecule has 0 aliphatic carbocycles. The zero-order valence-corrected chi connectivity index (χ0v) is 25.5. The molecule has 4 aromatic rings. The molecule has 0 aliphatic rings. The highest BCUT2D eigenvalue weighted by atomic mass is 32.2. The van der Waals surface area contributed by atoms with Gasteiger partial charge >= 0.3 is 10.1 Å². The number of hydrogen-bond donors (Lipinski definition) is 3. The minimum Gasteiger partial charge on any atom is -0.494 e. The summed E-state index contributed by atoms with van der Waals surface area (Å²) in [7, 11) is 3.33. The Morgan fingerprint density at radius 2 is 1.86 bits per heavy atom. The number of nitrogens with one attached hydrogen (secondary N) is 2. The molecule has 14 heteroatoms. The molecule has 0 saturated carbocycles. The largest absolute Gasteiger partial charge is 0.494 e. The third kappa shape index (κ3) is 7.60. The molecular formula is C29H35N7O6S. The number of anilines is 4. The van der Waals surface area contributed by atoms with E-state index in [2.05, 4.69) is 26.4 Å². The Labute approximate surface area is 250 Å². The average Bonchev–Trinajstić information content (AvgIpc) is 3.34. The number of carbonyl (C=O) groups is 1. The third-order valence-corrected chi connectivity index (χ3v) is 6.99. The van der Waals surface area contributed by atoms with Gasteiger partial charge in [-0.15, -0.1) is 0 Å². The second kappa shape index (κ2) is 13.1. The van der Waals surface area contributed by atoms with E-state index in [-0.39, 0.29) is 12.7 Å². The summed E-state index contributed by atoms with van der Waals surface area (Å²) in [5.74, 6) is -0.704. The molecule has 0 fully saturated rings. The summed E-state index contributed by atoms with van der Waals surface area (Å²) in [6.07, 6.45) is 4.27. The molecule has 3 N–H and O–H groups in total. The molecule has 0 saturated heterocycles. The van der Waals surface area contributed by atoms with Gasteiger partial charge in [0, 0.05) is 49.5 Å². The van der Waals surface area contributed by atoms with Gasteiger partial charge in [-0.05, 0) is 38.9 Å². The summed E-state index contributed by atoms with van der Waals surface area (Å²) in [6.45, 7) is 4.61. The van der Waals surface area contributed by atoms with Crippen LogP contribution in [0.15, 0.2) is 67.2 Å². The fourth-order valence-electron chi connectivity index (χ4n) is 4.39. The minimum absolute atomic E-state index is 0.181. The molecule has 0 radical (unpaired) electrons. The van der Waals surface area contributed by atoms with Crippen molar-refractivity contribution >= 4 is 49.9 Å². The van der Waals surface area contributed by atoms with Gasteiger partial charge in [0.15, 0.2) is 5.76 Å². The maximum Gasteiger partial charge on any atom is 0.306 e. The number of ether oxygens (including phenoxy) is 1. The Balaban J connectivity index is 1.72. The van der Waals surface area contributed by atoms with Crippen molar-refractivity contribution in [3.8, 4) is 17.0 Å². The number of para-hydroxylation sites is 1. The second-order valence-corrected chi connectivity index (χ2v) is 11.6. The van der Waals surface area contributed by atoms with Gasteiger partial charge in [0.05, 0.1) is 41.6 Å². The second-order valence-electron chi connectivity index (χ2n) is 10.0. The fraction of sp³-hybridized carbons (Fsp3) is 0.276. The SMILES string of the molecule is C=C(OS(C)(=O)=O)C(=O)Nc1cc(Nc2nccc(-c3cn(CO)c4ccccc34)n2)c(OC)cc1N(C)CCN(C)C. The highest BCUT2D eigenvalue weighted by molar-refractivity contribution is 7.86. The Morgan fingerprint density at radius 1 is 1.12 bits per heavy atom. The van der Waals surface area contributed by atoms with E-state index in [0.717, 1.165) is 29.3 Å². The molecule has 0 spiro atoms. The third-order valence-electron chi connectivity index (χ3n) is 6.48. The molecule has 0 bridgehead atoms. The molecule has 4 rings (SSSR count). The number of rotatable bonds is 13. The quantitative estimate of drug-likeness (QED) is 0.116. The van der Waals surface area contributed by atoms with Crippen LogP contribution in [-0.4, -0.2) is 86.5 Å². The van der Waals surface area contributed by atoms with Gasteiger partial charge in [-0.2, -0.15) is 8.42 Å². The maximum atomic E-state index is 12.9. The minimum atomic E-state index is -3.95. The molecule has 0 unspecified atom stereocenters. The van der Waals surface area contributed by atoms with E-state index in [1.807, 2.05) is 61.4 Å². The van der Waals surface area contributed by atoms with Crippen LogP contribution < -0.4 is 20.3 Å². The van der Waals surface area contributed by atoms with Gasteiger partial charge < -0.3 is 39.0 Å². The van der Waals surface area contributed by atoms with Crippen molar-refractivity contribution in [2.45, 2.75) is 6.73 Å². The lowest BCUT2D eigenvalue weighted by Gasteiger charge is -2.26. The molecule has 43 heavy (non-hydrogen) atoms. The predicted octanol–water partition coefficient (Wildman–Crippen LogP) is 3.23. The van der Waals surface area contributed by atoms with Crippen molar-refractivity contribution in [1.82, 2.24) is 19.4 Å². The van der Waals surface area contributed by atoms with Gasteiger partial charge in [0.25, 0.3) is 5.91 Å². The number of aliphatic hydroxyl groups is 1. The van der Waals surface area contributed by atoms with Gasteiger partial charge in [0.2, 0.25) is 5.95 Å². The first-order valence-corrected chi connectivity index (χ1v) is 15.0. The van der Waals surface area contributed by atoms with E-state index < -0.39 is 21.8 Å². The van der Waals surface area contributed by atoms with Crippen LogP contribution in [0.3, 0.4) is 0 Å². The van der Waals surface area contributed by atoms with Gasteiger partial charge in [-0.1, -0.05) is 18.2 Å². The topological polar surface area (TPSA) is 151 Å². The summed E-state index contributed by atoms with van der Waals surface area (Å²) in [5.41, 5.74) is 3.70. The first kappa shape index (κ1) is 31.3. The van der Waals surface area contributed by atoms with E-state index in [4.69, 9.17) is 9.72 Å². The van der Waals surface area contributed by atoms with Gasteiger partial charge in [0.1, 0.15) is 12.5 Å². The van der Waals surface area contributed by atoms with Crippen LogP contribution in [0.5, 0.6) is 5.75 Å². The molecule has 228 valence electrons. The summed E-state index contributed by atoms with van der Waals surface area (Å²) in [5, 5.41) is 16.6. The number of aromatic nitrogens is 3. The fourth-order valence-corrected chi connectivity index (χ4v) is 4.83. The monoisotopic (exact) mass is 609 g/mol. The average molecular weight is 610 g/mol. The Hall–Kier alpha value is -4.66. The van der Waals surface area contributed by atoms with Crippen LogP contribution in [0.1, 0.15) is 0 Å². The Bertz CT molecular complexity index is 1750. The van der Waals surface area contributed by atoms with Crippen molar-refractivity contribution in [3.63, 3.8) is 0 Å². The van der Waals surface area contributed by atoms with Gasteiger partial charge in [-0.3, -0.25) is 4.79 Å². The molecule has 2 aromatic carbocycles. The lowest BCUT2D eigenvalue weighted by Crippen LogP contribution is -2.29. The number of benzene rings is 2. The number of aliphatic hydroxyl groups excluding tert-OH is 1. The Kier molecular flexibility index (Phi) is 9.53. The summed E-state index contributed by atoms with van der Waals surface area (Å²) < 4.78 is 35.2. The van der Waals surface area contributed by atoms with Crippen LogP contribution >= 0.6 is 0 Å². The van der Waals surface area contributed by atoms with Crippen LogP contribution in [-0.2, 0) is 25.8 Å². The lowest BCUT2D eigenvalue weighted by atomic mass is 10.1. The highest BCUT2D eigenvalue weighted by Gasteiger charge is 2.20. The summed E-state index contributed by atoms with van der Waals surface area (Å²) in [4.78, 5) is 25.9. The first-order valence-electron chi connectivity index (χ1n) is 13.2. The van der Waals surface area contributed by atoms with E-state index in [9.17, 15) is 18.3 Å². The van der Waals surface area contributed by atoms with Crippen molar-refractivity contribution in [1.29, 1.82) is 0 Å². The summed E-state index contributed by atoms with van der Waals surface area (Å²) in [6, 6.07) is 12.8. The molecule has 1 amide bonds. The van der Waals surface area contributed by atoms with Crippen LogP contribution in [0.25, 0.3) is 22.2 Å². The first-order chi connectivity index (χ1) is 20.4.